The summed E-state index contributed by atoms with van der Waals surface area (Å²) in [5.74, 6) is -0.985. The number of carbonyl (C=O) groups excluding carboxylic acids is 4. The molecule has 0 unspecified atom stereocenters. The molecule has 1 aliphatic carbocycles. The number of carboxylic acid groups (broad SMARTS) is 1. The van der Waals surface area contributed by atoms with Crippen LogP contribution in [-0.4, -0.2) is 169 Å². The van der Waals surface area contributed by atoms with Crippen molar-refractivity contribution >= 4 is 213 Å². The SMILES string of the molecule is CC(C)(C)OC(=O)N[C@H]1CCCC[C@H]1N.CCC[CH2][Sn]([CH2]CCC)([CH2]CCC)[c]1cscn1.CCOC(=O)c1cnc(SC)nc1Nc1cccc(-c2cscn2)c1.CCOC(=O)c1cnc(SC)nc1Nc1cccc(I)c1.CSc1ncc(C(=O)O)c(Nc2cccc(-c3cscn3)c2)n1.CSc1ncc(C(N)=O)c(Nc2cccc(-c3cscn3)c2)n1. The number of hydrogen-bond donors (Lipinski definition) is 8. The van der Waals surface area contributed by atoms with Gasteiger partial charge in [0.1, 0.15) is 51.1 Å². The number of halogens is 1. The van der Waals surface area contributed by atoms with Crippen molar-refractivity contribution in [2.45, 2.75) is 171 Å². The zero-order valence-corrected chi connectivity index (χ0v) is 83.3. The van der Waals surface area contributed by atoms with Crippen LogP contribution in [0.2, 0.25) is 13.3 Å². The number of aromatic carboxylic acids is 1. The van der Waals surface area contributed by atoms with Crippen molar-refractivity contribution in [1.82, 2.24) is 65.1 Å². The number of rotatable bonds is 32. The van der Waals surface area contributed by atoms with Gasteiger partial charge >= 0.3 is 146 Å². The summed E-state index contributed by atoms with van der Waals surface area (Å²) in [6, 6.07) is 31.1. The standard InChI is InChI=1S/C17H16N4O2S2.C15H13N5OS2.C15H12N4O2S2.C14H14IN3O2S.C11H22N2O2.3C4H9.C3H2NS.Sn/c1-3-23-16(22)13-8-18-17(24-2)21-15(13)20-12-6-4-5-11(7-12)14-9-25-10-19-14;1-22-15-17-6-11(13(16)21)14(20-15)19-10-4-2-3-9(5-10)12-7-23-8-18-12;1-22-15-16-6-11(14(20)21)13(19-15)18-10-4-2-3-9(5-10)12-7-23-8-17-12;1-3-20-13(19)11-8-16-14(21-2)18-12(11)17-10-6-4-5-9(15)7-10;1-11(2,3)15-10(14)13-9-7-5-4-6-8(9)12;3*1-3-4-2;1-2-5-3-4-1;/h4-10H,3H2,1-2H3,(H,18,20,21);2-8H,1H3,(H2,16,21)(H,17,19,20);2-8H,1H3,(H,20,21)(H,16,18,19);4-8H,3H2,1-2H3,(H,16,17,18);8-9H,4-7,12H2,1-3H3,(H,13,14);3*1,3-4H2,2H3;2-3H;/t;;;;8-,9+;;;;;/m....1...../s1. The van der Waals surface area contributed by atoms with E-state index >= 15 is 0 Å². The molecule has 662 valence electrons. The van der Waals surface area contributed by atoms with E-state index in [1.54, 1.807) is 45.4 Å². The van der Waals surface area contributed by atoms with Gasteiger partial charge in [0.05, 0.1) is 46.8 Å². The molecule has 125 heavy (non-hydrogen) atoms. The van der Waals surface area contributed by atoms with E-state index in [1.165, 1.54) is 146 Å². The maximum absolute atomic E-state index is 12.2. The number of unbranched alkanes of at least 4 members (excludes halogenated alkanes) is 3. The van der Waals surface area contributed by atoms with Gasteiger partial charge < -0.3 is 57.4 Å². The first kappa shape index (κ1) is 101. The zero-order valence-electron chi connectivity index (χ0n) is 71.8. The van der Waals surface area contributed by atoms with Crippen LogP contribution in [-0.2, 0) is 14.2 Å². The Bertz CT molecular complexity index is 5180. The Morgan fingerprint density at radius 1 is 0.496 bits per heavy atom. The second-order valence-electron chi connectivity index (χ2n) is 28.6. The Labute approximate surface area is 781 Å². The van der Waals surface area contributed by atoms with Gasteiger partial charge in [-0.1, -0.05) is 102 Å². The molecule has 2 amide bonds. The molecule has 8 aromatic heterocycles. The Morgan fingerprint density at radius 3 is 1.19 bits per heavy atom. The summed E-state index contributed by atoms with van der Waals surface area (Å²) in [5.41, 5.74) is 28.0. The third-order valence-electron chi connectivity index (χ3n) is 18.5. The first-order valence-electron chi connectivity index (χ1n) is 40.3. The number of esters is 2. The van der Waals surface area contributed by atoms with E-state index in [9.17, 15) is 29.1 Å². The molecule has 13 rings (SSSR count). The van der Waals surface area contributed by atoms with Crippen molar-refractivity contribution in [3.63, 3.8) is 0 Å². The minimum Gasteiger partial charge on any atom is -0.477 e. The number of carboxylic acids is 1. The van der Waals surface area contributed by atoms with Gasteiger partial charge in [-0.2, -0.15) is 0 Å². The van der Waals surface area contributed by atoms with Gasteiger partial charge in [0, 0.05) is 96.0 Å². The fraction of sp³-hybridized carbons (Fsp3) is 0.345. The van der Waals surface area contributed by atoms with E-state index in [2.05, 4.69) is 136 Å². The average molecular weight is 2060 g/mol. The summed E-state index contributed by atoms with van der Waals surface area (Å²) in [5, 5.41) is 35.2. The van der Waals surface area contributed by atoms with Gasteiger partial charge in [-0.05, 0) is 150 Å². The fourth-order valence-electron chi connectivity index (χ4n) is 12.3. The number of hydrogen-bond acceptors (Lipinski definition) is 33. The smallest absolute Gasteiger partial charge is 0.343 e. The van der Waals surface area contributed by atoms with Crippen LogP contribution < -0.4 is 41.8 Å². The molecular formula is C87H106IN19O9S8Sn. The molecule has 0 aliphatic heterocycles. The molecule has 10 N–H and O–H groups in total. The molecule has 38 heteroatoms. The second kappa shape index (κ2) is 53.6. The molecule has 0 bridgehead atoms. The normalized spacial score (nSPS) is 12.7. The van der Waals surface area contributed by atoms with Crippen LogP contribution in [0.1, 0.15) is 161 Å². The maximum atomic E-state index is 12.2. The number of carbonyl (C=O) groups is 5. The minimum absolute atomic E-state index is 0.0295. The quantitative estimate of drug-likeness (QED) is 0.00485. The van der Waals surface area contributed by atoms with Crippen LogP contribution in [0.15, 0.2) is 186 Å². The van der Waals surface area contributed by atoms with Gasteiger partial charge in [0.25, 0.3) is 5.91 Å². The molecule has 1 aliphatic rings. The monoisotopic (exact) mass is 2060 g/mol. The fourth-order valence-corrected chi connectivity index (χ4v) is 33.7. The first-order chi connectivity index (χ1) is 60.3. The molecule has 4 aromatic carbocycles. The van der Waals surface area contributed by atoms with E-state index in [0.717, 1.165) is 85.8 Å². The predicted octanol–water partition coefficient (Wildman–Crippen LogP) is 21.9. The van der Waals surface area contributed by atoms with Crippen LogP contribution in [0, 0.1) is 3.57 Å². The topological polar surface area (TPSA) is 400 Å². The number of nitrogens with two attached hydrogens (primary N) is 2. The molecule has 1 saturated carbocycles. The number of benzene rings is 4. The summed E-state index contributed by atoms with van der Waals surface area (Å²) in [4.78, 5) is 110. The molecule has 28 nitrogen and oxygen atoms in total. The van der Waals surface area contributed by atoms with E-state index in [4.69, 9.17) is 30.7 Å². The Morgan fingerprint density at radius 2 is 0.856 bits per heavy atom. The number of ether oxygens (including phenoxy) is 3. The van der Waals surface area contributed by atoms with E-state index in [1.807, 2.05) is 170 Å². The minimum atomic E-state index is -2.13. The molecule has 0 radical (unpaired) electrons. The van der Waals surface area contributed by atoms with Crippen LogP contribution in [0.5, 0.6) is 0 Å². The number of alkyl carbamates (subject to hydrolysis) is 1. The number of nitrogens with zero attached hydrogens (tertiary/aromatic N) is 12. The van der Waals surface area contributed by atoms with Gasteiger partial charge in [-0.15, -0.1) is 34.0 Å². The van der Waals surface area contributed by atoms with Gasteiger partial charge in [0.15, 0.2) is 20.6 Å². The van der Waals surface area contributed by atoms with Gasteiger partial charge in [-0.25, -0.2) is 74.0 Å². The van der Waals surface area contributed by atoms with Crippen LogP contribution in [0.4, 0.5) is 50.8 Å². The Balaban J connectivity index is 0.000000187. The number of thiazole rings is 4. The molecule has 2 atom stereocenters. The van der Waals surface area contributed by atoms with E-state index in [-0.39, 0.29) is 35.1 Å². The van der Waals surface area contributed by atoms with Crippen molar-refractivity contribution in [2.24, 2.45) is 11.5 Å². The average Bonchev–Trinajstić information content (AvgIpc) is 1.82. The van der Waals surface area contributed by atoms with Crippen molar-refractivity contribution in [2.75, 3.05) is 59.5 Å². The molecular weight excluding hydrogens is 1960 g/mol. The Kier molecular flexibility index (Phi) is 43.4. The number of primary amides is 1. The second-order valence-corrected chi connectivity index (χ2v) is 48.9. The first-order valence-corrected chi connectivity index (χ1v) is 57.5. The summed E-state index contributed by atoms with van der Waals surface area (Å²) >= 11 is 12.1. The molecule has 8 heterocycles. The molecule has 12 aromatic rings. The summed E-state index contributed by atoms with van der Waals surface area (Å²) in [6.45, 7) is 16.7. The molecule has 0 spiro atoms. The Hall–Kier alpha value is -9.04. The third kappa shape index (κ3) is 33.3. The maximum Gasteiger partial charge on any atom is 0.343 e. The number of nitrogens with one attached hydrogen (secondary N) is 5. The van der Waals surface area contributed by atoms with Crippen molar-refractivity contribution in [3.8, 4) is 33.8 Å². The van der Waals surface area contributed by atoms with E-state index in [0.29, 0.717) is 62.4 Å². The van der Waals surface area contributed by atoms with Crippen LogP contribution in [0.3, 0.4) is 0 Å². The number of thioether (sulfide) groups is 4. The largest absolute Gasteiger partial charge is 0.477 e. The van der Waals surface area contributed by atoms with Gasteiger partial charge in [0.2, 0.25) is 0 Å². The summed E-state index contributed by atoms with van der Waals surface area (Å²) < 4.78 is 22.6. The van der Waals surface area contributed by atoms with Crippen molar-refractivity contribution in [3.05, 3.63) is 191 Å². The molecule has 1 fully saturated rings. The molecule has 0 saturated heterocycles. The van der Waals surface area contributed by atoms with Crippen molar-refractivity contribution < 1.29 is 43.3 Å². The van der Waals surface area contributed by atoms with E-state index < -0.39 is 47.8 Å². The third-order valence-corrected chi connectivity index (χ3v) is 39.4. The van der Waals surface area contributed by atoms with Crippen molar-refractivity contribution in [1.29, 1.82) is 0 Å². The summed E-state index contributed by atoms with van der Waals surface area (Å²) in [6.07, 6.45) is 25.4. The predicted molar refractivity (Wildman–Crippen MR) is 524 cm³/mol. The zero-order chi connectivity index (χ0) is 90.1. The number of amides is 2. The number of aromatic nitrogens is 12. The summed E-state index contributed by atoms with van der Waals surface area (Å²) in [7, 11) is 0. The van der Waals surface area contributed by atoms with Gasteiger partial charge in [-0.3, -0.25) is 4.79 Å². The number of anilines is 8. The van der Waals surface area contributed by atoms with Crippen LogP contribution >= 0.6 is 115 Å². The van der Waals surface area contributed by atoms with Crippen LogP contribution in [0.25, 0.3) is 33.8 Å².